The van der Waals surface area contributed by atoms with Crippen molar-refractivity contribution in [2.75, 3.05) is 6.61 Å². The van der Waals surface area contributed by atoms with Crippen LogP contribution in [0.5, 0.6) is 0 Å². The van der Waals surface area contributed by atoms with Gasteiger partial charge in [0, 0.05) is 6.42 Å². The van der Waals surface area contributed by atoms with Gasteiger partial charge in [-0.3, -0.25) is 0 Å². The third-order valence-electron chi connectivity index (χ3n) is 2.28. The van der Waals surface area contributed by atoms with Crippen molar-refractivity contribution in [3.05, 3.63) is 35.9 Å². The van der Waals surface area contributed by atoms with Crippen molar-refractivity contribution in [2.45, 2.75) is 24.7 Å². The van der Waals surface area contributed by atoms with Crippen LogP contribution in [0.4, 0.5) is 0 Å². The van der Waals surface area contributed by atoms with Crippen LogP contribution in [-0.2, 0) is 16.1 Å². The van der Waals surface area contributed by atoms with E-state index in [0.29, 0.717) is 13.2 Å². The summed E-state index contributed by atoms with van der Waals surface area (Å²) in [6.07, 6.45) is 0.929. The van der Waals surface area contributed by atoms with Crippen molar-refractivity contribution < 1.29 is 9.47 Å². The summed E-state index contributed by atoms with van der Waals surface area (Å²) in [5.41, 5.74) is 0.891. The molecule has 1 saturated heterocycles. The monoisotopic (exact) mass is 212 g/mol. The molecule has 0 N–H and O–H groups in total. The number of ether oxygens (including phenoxy) is 2. The summed E-state index contributed by atoms with van der Waals surface area (Å²) >= 11 is 5.90. The van der Waals surface area contributed by atoms with E-state index in [1.165, 1.54) is 5.56 Å². The first kappa shape index (κ1) is 9.97. The number of rotatable bonds is 3. The van der Waals surface area contributed by atoms with Crippen LogP contribution in [-0.4, -0.2) is 18.3 Å². The van der Waals surface area contributed by atoms with Gasteiger partial charge in [0.15, 0.2) is 5.56 Å². The Morgan fingerprint density at radius 3 is 2.79 bits per heavy atom. The van der Waals surface area contributed by atoms with E-state index in [-0.39, 0.29) is 11.7 Å². The Hall–Kier alpha value is -0.570. The van der Waals surface area contributed by atoms with Crippen molar-refractivity contribution >= 4 is 11.6 Å². The predicted molar refractivity (Wildman–Crippen MR) is 55.2 cm³/mol. The smallest absolute Gasteiger partial charge is 0.157 e. The van der Waals surface area contributed by atoms with Crippen molar-refractivity contribution in [2.24, 2.45) is 0 Å². The first-order chi connectivity index (χ1) is 6.86. The molecule has 0 radical (unpaired) electrons. The lowest BCUT2D eigenvalue weighted by molar-refractivity contribution is 0.0159. The maximum atomic E-state index is 5.90. The summed E-state index contributed by atoms with van der Waals surface area (Å²) in [6, 6.07) is 10.1. The summed E-state index contributed by atoms with van der Waals surface area (Å²) in [6.45, 7) is 1.31. The molecule has 0 aromatic heterocycles. The number of halogens is 1. The molecule has 1 fully saturated rings. The highest BCUT2D eigenvalue weighted by Gasteiger charge is 2.26. The van der Waals surface area contributed by atoms with Gasteiger partial charge < -0.3 is 9.47 Å². The Bertz CT molecular complexity index is 276. The largest absolute Gasteiger partial charge is 0.369 e. The lowest BCUT2D eigenvalue weighted by atomic mass is 10.2. The van der Waals surface area contributed by atoms with Crippen LogP contribution >= 0.6 is 11.6 Å². The average molecular weight is 213 g/mol. The van der Waals surface area contributed by atoms with E-state index < -0.39 is 0 Å². The van der Waals surface area contributed by atoms with E-state index in [0.717, 1.165) is 6.42 Å². The quantitative estimate of drug-likeness (QED) is 0.717. The SMILES string of the molecule is ClC1OCCC1OCc1ccccc1. The Morgan fingerprint density at radius 1 is 1.36 bits per heavy atom. The number of alkyl halides is 1. The molecule has 0 aliphatic carbocycles. The molecule has 1 aromatic carbocycles. The number of benzene rings is 1. The van der Waals surface area contributed by atoms with E-state index in [1.807, 2.05) is 30.3 Å². The molecule has 1 heterocycles. The molecule has 1 aliphatic rings. The van der Waals surface area contributed by atoms with Gasteiger partial charge in [0.1, 0.15) is 6.10 Å². The standard InChI is InChI=1S/C11H13ClO2/c12-11-10(6-7-13-11)14-8-9-4-2-1-3-5-9/h1-5,10-11H,6-8H2. The molecule has 2 nitrogen and oxygen atoms in total. The van der Waals surface area contributed by atoms with Crippen LogP contribution < -0.4 is 0 Å². The van der Waals surface area contributed by atoms with Crippen LogP contribution in [0.15, 0.2) is 30.3 Å². The van der Waals surface area contributed by atoms with Gasteiger partial charge in [0.05, 0.1) is 13.2 Å². The van der Waals surface area contributed by atoms with Crippen LogP contribution in [0.1, 0.15) is 12.0 Å². The van der Waals surface area contributed by atoms with Crippen LogP contribution in [0.3, 0.4) is 0 Å². The second-order valence-electron chi connectivity index (χ2n) is 3.35. The molecule has 76 valence electrons. The highest BCUT2D eigenvalue weighted by molar-refractivity contribution is 6.20. The Balaban J connectivity index is 1.82. The third kappa shape index (κ3) is 2.47. The van der Waals surface area contributed by atoms with Crippen molar-refractivity contribution in [1.29, 1.82) is 0 Å². The van der Waals surface area contributed by atoms with Gasteiger partial charge >= 0.3 is 0 Å². The molecular formula is C11H13ClO2. The zero-order chi connectivity index (χ0) is 9.80. The normalized spacial score (nSPS) is 26.6. The van der Waals surface area contributed by atoms with E-state index in [4.69, 9.17) is 21.1 Å². The lowest BCUT2D eigenvalue weighted by Gasteiger charge is -2.13. The molecule has 14 heavy (non-hydrogen) atoms. The van der Waals surface area contributed by atoms with Crippen molar-refractivity contribution in [3.63, 3.8) is 0 Å². The predicted octanol–water partition coefficient (Wildman–Crippen LogP) is 2.56. The minimum Gasteiger partial charge on any atom is -0.369 e. The fraction of sp³-hybridized carbons (Fsp3) is 0.455. The molecule has 1 aromatic rings. The molecule has 1 aliphatic heterocycles. The molecule has 0 amide bonds. The van der Waals surface area contributed by atoms with Crippen molar-refractivity contribution in [1.82, 2.24) is 0 Å². The molecule has 2 atom stereocenters. The molecule has 2 rings (SSSR count). The van der Waals surface area contributed by atoms with E-state index in [2.05, 4.69) is 0 Å². The number of hydrogen-bond acceptors (Lipinski definition) is 2. The zero-order valence-corrected chi connectivity index (χ0v) is 8.61. The first-order valence-corrected chi connectivity index (χ1v) is 5.21. The van der Waals surface area contributed by atoms with E-state index in [1.54, 1.807) is 0 Å². The Morgan fingerprint density at radius 2 is 2.14 bits per heavy atom. The highest BCUT2D eigenvalue weighted by Crippen LogP contribution is 2.21. The van der Waals surface area contributed by atoms with Gasteiger partial charge in [-0.05, 0) is 5.56 Å². The van der Waals surface area contributed by atoms with Crippen molar-refractivity contribution in [3.8, 4) is 0 Å². The topological polar surface area (TPSA) is 18.5 Å². The zero-order valence-electron chi connectivity index (χ0n) is 7.86. The maximum absolute atomic E-state index is 5.90. The summed E-state index contributed by atoms with van der Waals surface area (Å²) in [5, 5.41) is 0. The minimum absolute atomic E-state index is 0.0388. The first-order valence-electron chi connectivity index (χ1n) is 4.77. The van der Waals surface area contributed by atoms with Crippen LogP contribution in [0, 0.1) is 0 Å². The molecule has 0 spiro atoms. The Kier molecular flexibility index (Phi) is 3.40. The van der Waals surface area contributed by atoms with Gasteiger partial charge in [0.25, 0.3) is 0 Å². The summed E-state index contributed by atoms with van der Waals surface area (Å²) in [7, 11) is 0. The minimum atomic E-state index is -0.279. The fourth-order valence-electron chi connectivity index (χ4n) is 1.47. The van der Waals surface area contributed by atoms with E-state index in [9.17, 15) is 0 Å². The van der Waals surface area contributed by atoms with Gasteiger partial charge in [-0.15, -0.1) is 0 Å². The van der Waals surface area contributed by atoms with E-state index >= 15 is 0 Å². The molecule has 2 unspecified atom stereocenters. The van der Waals surface area contributed by atoms with Gasteiger partial charge in [0.2, 0.25) is 0 Å². The Labute approximate surface area is 88.8 Å². The number of hydrogen-bond donors (Lipinski definition) is 0. The second-order valence-corrected chi connectivity index (χ2v) is 3.78. The summed E-state index contributed by atoms with van der Waals surface area (Å²) in [5.74, 6) is 0. The molecule has 3 heteroatoms. The third-order valence-corrected chi connectivity index (χ3v) is 2.69. The highest BCUT2D eigenvalue weighted by atomic mass is 35.5. The van der Waals surface area contributed by atoms with Crippen LogP contribution in [0.25, 0.3) is 0 Å². The fourth-order valence-corrected chi connectivity index (χ4v) is 1.76. The molecule has 0 saturated carbocycles. The average Bonchev–Trinajstić information content (AvgIpc) is 2.63. The second kappa shape index (κ2) is 4.78. The molecule has 0 bridgehead atoms. The molecular weight excluding hydrogens is 200 g/mol. The van der Waals surface area contributed by atoms with Gasteiger partial charge in [-0.25, -0.2) is 0 Å². The van der Waals surface area contributed by atoms with Gasteiger partial charge in [-0.1, -0.05) is 41.9 Å². The van der Waals surface area contributed by atoms with Gasteiger partial charge in [-0.2, -0.15) is 0 Å². The lowest BCUT2D eigenvalue weighted by Crippen LogP contribution is -2.18. The summed E-state index contributed by atoms with van der Waals surface area (Å²) < 4.78 is 10.8. The van der Waals surface area contributed by atoms with Crippen LogP contribution in [0.2, 0.25) is 0 Å². The maximum Gasteiger partial charge on any atom is 0.157 e. The summed E-state index contributed by atoms with van der Waals surface area (Å²) in [4.78, 5) is 0.